The van der Waals surface area contributed by atoms with Crippen LogP contribution >= 0.6 is 0 Å². The Bertz CT molecular complexity index is 1330. The van der Waals surface area contributed by atoms with Crippen LogP contribution in [0.4, 0.5) is 17.1 Å². The summed E-state index contributed by atoms with van der Waals surface area (Å²) < 4.78 is 0. The van der Waals surface area contributed by atoms with Crippen molar-refractivity contribution in [2.45, 2.75) is 13.0 Å². The lowest BCUT2D eigenvalue weighted by Crippen LogP contribution is -2.44. The largest absolute Gasteiger partial charge is 0.349 e. The summed E-state index contributed by atoms with van der Waals surface area (Å²) in [5.74, 6) is 0.275. The number of carbonyl (C=O) groups is 2. The van der Waals surface area contributed by atoms with E-state index in [1.54, 1.807) is 46.6 Å². The number of aromatic nitrogens is 1. The standard InChI is InChI=1S/C26H30N10O2/c1-18(37)30-20-10-7-11-21(16-20)31-32-22-12-13-27-23(17-22)26(38)29-15-14-28-24(19-8-5-4-6-9-19)25-33-35(2)36(3)34-25/h4-13,16-17,24,28H,14-15H2,1-3H3,(H,29,38)(H,30,37)(H,33,34)/b32-31+. The van der Waals surface area contributed by atoms with E-state index in [2.05, 4.69) is 41.7 Å². The van der Waals surface area contributed by atoms with Gasteiger partial charge in [0.1, 0.15) is 5.69 Å². The number of rotatable bonds is 10. The fourth-order valence-electron chi connectivity index (χ4n) is 3.68. The van der Waals surface area contributed by atoms with Crippen molar-refractivity contribution >= 4 is 34.7 Å². The summed E-state index contributed by atoms with van der Waals surface area (Å²) in [5.41, 5.74) is 6.19. The first-order chi connectivity index (χ1) is 18.4. The molecular formula is C26H30N10O2. The maximum Gasteiger partial charge on any atom is 0.270 e. The quantitative estimate of drug-likeness (QED) is 0.241. The molecule has 0 spiro atoms. The number of anilines is 1. The number of amidine groups is 1. The van der Waals surface area contributed by atoms with Gasteiger partial charge in [0.15, 0.2) is 5.84 Å². The Morgan fingerprint density at radius 3 is 2.45 bits per heavy atom. The minimum atomic E-state index is -0.316. The number of hydrogen-bond acceptors (Lipinski definition) is 10. The summed E-state index contributed by atoms with van der Waals surface area (Å²) in [4.78, 5) is 28.1. The van der Waals surface area contributed by atoms with Crippen LogP contribution in [0.1, 0.15) is 29.0 Å². The number of amides is 2. The van der Waals surface area contributed by atoms with Crippen LogP contribution in [0.25, 0.3) is 0 Å². The van der Waals surface area contributed by atoms with Gasteiger partial charge in [-0.25, -0.2) is 5.12 Å². The molecule has 38 heavy (non-hydrogen) atoms. The molecule has 0 radical (unpaired) electrons. The third-order valence-corrected chi connectivity index (χ3v) is 5.55. The SMILES string of the molecule is CC(=O)Nc1cccc(/N=N/c2ccnc(C(=O)NCCNC(C3=NN(C)N(C)N3)c3ccccc3)c2)c1. The maximum absolute atomic E-state index is 12.7. The Kier molecular flexibility index (Phi) is 8.69. The molecule has 1 unspecified atom stereocenters. The number of pyridine rings is 1. The zero-order valence-corrected chi connectivity index (χ0v) is 21.4. The second kappa shape index (κ2) is 12.5. The lowest BCUT2D eigenvalue weighted by atomic mass is 10.1. The van der Waals surface area contributed by atoms with Crippen LogP contribution in [0.2, 0.25) is 0 Å². The van der Waals surface area contributed by atoms with Gasteiger partial charge in [0.25, 0.3) is 5.91 Å². The topological polar surface area (TPSA) is 139 Å². The molecule has 0 aliphatic carbocycles. The zero-order chi connectivity index (χ0) is 26.9. The highest BCUT2D eigenvalue weighted by molar-refractivity contribution is 5.93. The average molecular weight is 515 g/mol. The molecule has 4 rings (SSSR count). The molecule has 1 aliphatic rings. The number of nitrogens with one attached hydrogen (secondary N) is 4. The van der Waals surface area contributed by atoms with Crippen molar-refractivity contribution < 1.29 is 9.59 Å². The van der Waals surface area contributed by atoms with Gasteiger partial charge < -0.3 is 16.0 Å². The summed E-state index contributed by atoms with van der Waals surface area (Å²) >= 11 is 0. The highest BCUT2D eigenvalue weighted by Crippen LogP contribution is 2.22. The molecule has 12 heteroatoms. The Hall–Kier alpha value is -4.68. The van der Waals surface area contributed by atoms with Gasteiger partial charge in [0.05, 0.1) is 17.4 Å². The lowest BCUT2D eigenvalue weighted by molar-refractivity contribution is -0.114. The molecule has 0 bridgehead atoms. The second-order valence-electron chi connectivity index (χ2n) is 8.49. The van der Waals surface area contributed by atoms with E-state index in [0.717, 1.165) is 11.4 Å². The Balaban J connectivity index is 1.33. The van der Waals surface area contributed by atoms with Gasteiger partial charge in [-0.2, -0.15) is 10.2 Å². The summed E-state index contributed by atoms with van der Waals surface area (Å²) in [6.07, 6.45) is 1.51. The van der Waals surface area contributed by atoms with Crippen molar-refractivity contribution in [3.05, 3.63) is 84.2 Å². The molecule has 1 aliphatic heterocycles. The molecule has 4 N–H and O–H groups in total. The monoisotopic (exact) mass is 514 g/mol. The smallest absolute Gasteiger partial charge is 0.270 e. The Labute approximate surface area is 220 Å². The van der Waals surface area contributed by atoms with Crippen LogP contribution in [0.15, 0.2) is 88.3 Å². The maximum atomic E-state index is 12.7. The van der Waals surface area contributed by atoms with Crippen molar-refractivity contribution in [2.75, 3.05) is 32.5 Å². The van der Waals surface area contributed by atoms with E-state index < -0.39 is 0 Å². The molecule has 0 saturated carbocycles. The van der Waals surface area contributed by atoms with Gasteiger partial charge in [-0.15, -0.1) is 10.2 Å². The van der Waals surface area contributed by atoms with Gasteiger partial charge in [-0.3, -0.25) is 20.0 Å². The highest BCUT2D eigenvalue weighted by Gasteiger charge is 2.25. The first kappa shape index (κ1) is 26.4. The Morgan fingerprint density at radius 1 is 0.974 bits per heavy atom. The molecule has 2 aromatic carbocycles. The number of hydrazone groups is 1. The van der Waals surface area contributed by atoms with Crippen LogP contribution in [0, 0.1) is 0 Å². The first-order valence-corrected chi connectivity index (χ1v) is 12.0. The number of azo groups is 1. The van der Waals surface area contributed by atoms with Crippen LogP contribution < -0.4 is 21.4 Å². The molecule has 12 nitrogen and oxygen atoms in total. The fraction of sp³-hybridized carbons (Fsp3) is 0.231. The molecular weight excluding hydrogens is 484 g/mol. The summed E-state index contributed by atoms with van der Waals surface area (Å²) in [6, 6.07) is 20.0. The number of hydrogen-bond donors (Lipinski definition) is 4. The average Bonchev–Trinajstić information content (AvgIpc) is 3.25. The molecule has 1 atom stereocenters. The molecule has 196 valence electrons. The third kappa shape index (κ3) is 7.18. The predicted molar refractivity (Wildman–Crippen MR) is 145 cm³/mol. The van der Waals surface area contributed by atoms with Crippen molar-refractivity contribution in [2.24, 2.45) is 15.3 Å². The van der Waals surface area contributed by atoms with E-state index in [1.807, 2.05) is 44.4 Å². The van der Waals surface area contributed by atoms with Gasteiger partial charge in [0.2, 0.25) is 5.91 Å². The van der Waals surface area contributed by atoms with Crippen molar-refractivity contribution in [3.63, 3.8) is 0 Å². The fourth-order valence-corrected chi connectivity index (χ4v) is 3.68. The van der Waals surface area contributed by atoms with E-state index in [-0.39, 0.29) is 23.6 Å². The summed E-state index contributed by atoms with van der Waals surface area (Å²) in [7, 11) is 3.73. The van der Waals surface area contributed by atoms with Crippen molar-refractivity contribution in [3.8, 4) is 0 Å². The summed E-state index contributed by atoms with van der Waals surface area (Å²) in [5, 5.41) is 25.5. The third-order valence-electron chi connectivity index (χ3n) is 5.55. The molecule has 2 amide bonds. The van der Waals surface area contributed by atoms with Gasteiger partial charge in [0, 0.05) is 46.0 Å². The molecule has 0 saturated heterocycles. The lowest BCUT2D eigenvalue weighted by Gasteiger charge is -2.21. The van der Waals surface area contributed by atoms with Gasteiger partial charge in [-0.05, 0) is 35.9 Å². The normalized spacial score (nSPS) is 14.2. The Morgan fingerprint density at radius 2 is 1.74 bits per heavy atom. The van der Waals surface area contributed by atoms with E-state index in [4.69, 9.17) is 0 Å². The van der Waals surface area contributed by atoms with Crippen LogP contribution in [-0.2, 0) is 4.79 Å². The highest BCUT2D eigenvalue weighted by atomic mass is 16.2. The second-order valence-corrected chi connectivity index (χ2v) is 8.49. The van der Waals surface area contributed by atoms with E-state index in [0.29, 0.717) is 30.2 Å². The van der Waals surface area contributed by atoms with Gasteiger partial charge in [-0.1, -0.05) is 36.4 Å². The predicted octanol–water partition coefficient (Wildman–Crippen LogP) is 3.13. The molecule has 2 heterocycles. The van der Waals surface area contributed by atoms with E-state index in [1.165, 1.54) is 13.1 Å². The number of hydrazine groups is 2. The minimum absolute atomic E-state index is 0.168. The molecule has 1 aromatic heterocycles. The first-order valence-electron chi connectivity index (χ1n) is 12.0. The van der Waals surface area contributed by atoms with Crippen molar-refractivity contribution in [1.82, 2.24) is 31.3 Å². The zero-order valence-electron chi connectivity index (χ0n) is 21.4. The van der Waals surface area contributed by atoms with Crippen LogP contribution in [-0.4, -0.2) is 60.1 Å². The van der Waals surface area contributed by atoms with Crippen LogP contribution in [0.3, 0.4) is 0 Å². The van der Waals surface area contributed by atoms with E-state index >= 15 is 0 Å². The minimum Gasteiger partial charge on any atom is -0.349 e. The number of benzene rings is 2. The van der Waals surface area contributed by atoms with E-state index in [9.17, 15) is 9.59 Å². The van der Waals surface area contributed by atoms with Crippen molar-refractivity contribution in [1.29, 1.82) is 0 Å². The molecule has 3 aromatic rings. The number of carbonyl (C=O) groups excluding carboxylic acids is 2. The van der Waals surface area contributed by atoms with Crippen LogP contribution in [0.5, 0.6) is 0 Å². The molecule has 0 fully saturated rings. The van der Waals surface area contributed by atoms with Gasteiger partial charge >= 0.3 is 0 Å². The number of nitrogens with zero attached hydrogens (tertiary/aromatic N) is 6. The summed E-state index contributed by atoms with van der Waals surface area (Å²) in [6.45, 7) is 2.32.